The minimum absolute atomic E-state index is 0.232. The van der Waals surface area contributed by atoms with E-state index in [0.717, 1.165) is 11.3 Å². The second-order valence-electron chi connectivity index (χ2n) is 3.97. The van der Waals surface area contributed by atoms with Crippen molar-refractivity contribution in [3.8, 4) is 5.75 Å². The van der Waals surface area contributed by atoms with Gasteiger partial charge in [-0.3, -0.25) is 0 Å². The predicted molar refractivity (Wildman–Crippen MR) is 71.1 cm³/mol. The van der Waals surface area contributed by atoms with Crippen LogP contribution in [0.2, 0.25) is 0 Å². The van der Waals surface area contributed by atoms with E-state index in [-0.39, 0.29) is 5.82 Å². The summed E-state index contributed by atoms with van der Waals surface area (Å²) in [6.45, 7) is 0.604. The van der Waals surface area contributed by atoms with E-state index in [2.05, 4.69) is 5.32 Å². The van der Waals surface area contributed by atoms with Crippen LogP contribution in [0.1, 0.15) is 5.56 Å². The van der Waals surface area contributed by atoms with Crippen LogP contribution >= 0.6 is 0 Å². The van der Waals surface area contributed by atoms with Crippen molar-refractivity contribution in [3.63, 3.8) is 0 Å². The van der Waals surface area contributed by atoms with Crippen LogP contribution in [0.3, 0.4) is 0 Å². The number of methoxy groups -OCH3 is 1. The smallest absolute Gasteiger partial charge is 0.123 e. The highest BCUT2D eigenvalue weighted by Crippen LogP contribution is 2.22. The molecular weight excluding hydrogens is 231 g/mol. The zero-order valence-electron chi connectivity index (χ0n) is 10.1. The maximum Gasteiger partial charge on any atom is 0.123 e. The van der Waals surface area contributed by atoms with E-state index in [9.17, 15) is 4.39 Å². The van der Waals surface area contributed by atoms with E-state index in [1.165, 1.54) is 12.1 Å². The van der Waals surface area contributed by atoms with E-state index < -0.39 is 0 Å². The topological polar surface area (TPSA) is 47.3 Å². The molecule has 94 valence electrons. The lowest BCUT2D eigenvalue weighted by Crippen LogP contribution is -2.00. The Hall–Kier alpha value is -2.23. The zero-order valence-corrected chi connectivity index (χ0v) is 10.1. The molecule has 2 aromatic carbocycles. The van der Waals surface area contributed by atoms with E-state index >= 15 is 0 Å². The third-order valence-electron chi connectivity index (χ3n) is 2.57. The molecule has 0 radical (unpaired) electrons. The molecule has 0 aliphatic heterocycles. The van der Waals surface area contributed by atoms with Crippen molar-refractivity contribution >= 4 is 11.4 Å². The lowest BCUT2D eigenvalue weighted by Gasteiger charge is -2.09. The van der Waals surface area contributed by atoms with Crippen LogP contribution in [-0.2, 0) is 6.54 Å². The Balaban J connectivity index is 2.05. The van der Waals surface area contributed by atoms with Crippen LogP contribution in [0.5, 0.6) is 5.75 Å². The first-order chi connectivity index (χ1) is 8.67. The van der Waals surface area contributed by atoms with Gasteiger partial charge in [0.05, 0.1) is 7.11 Å². The number of ether oxygens (including phenoxy) is 1. The first-order valence-corrected chi connectivity index (χ1v) is 5.60. The quantitative estimate of drug-likeness (QED) is 0.815. The first-order valence-electron chi connectivity index (χ1n) is 5.60. The van der Waals surface area contributed by atoms with Gasteiger partial charge in [-0.05, 0) is 23.8 Å². The summed E-state index contributed by atoms with van der Waals surface area (Å²) in [6.07, 6.45) is 0. The van der Waals surface area contributed by atoms with Gasteiger partial charge in [-0.15, -0.1) is 0 Å². The average molecular weight is 246 g/mol. The van der Waals surface area contributed by atoms with Crippen molar-refractivity contribution in [2.24, 2.45) is 0 Å². The Bertz CT molecular complexity index is 526. The SMILES string of the molecule is COc1cc(N)cc(NCc2ccc(F)cc2)c1. The summed E-state index contributed by atoms with van der Waals surface area (Å²) in [5.74, 6) is 0.473. The fourth-order valence-corrected chi connectivity index (χ4v) is 1.65. The van der Waals surface area contributed by atoms with Gasteiger partial charge >= 0.3 is 0 Å². The molecular formula is C14H15FN2O. The molecule has 0 saturated heterocycles. The second kappa shape index (κ2) is 5.40. The Morgan fingerprint density at radius 3 is 2.56 bits per heavy atom. The average Bonchev–Trinajstić information content (AvgIpc) is 2.37. The third-order valence-corrected chi connectivity index (χ3v) is 2.57. The number of nitrogen functional groups attached to an aromatic ring is 1. The van der Waals surface area contributed by atoms with Crippen molar-refractivity contribution < 1.29 is 9.13 Å². The summed E-state index contributed by atoms with van der Waals surface area (Å²) in [5, 5.41) is 3.21. The molecule has 3 nitrogen and oxygen atoms in total. The van der Waals surface area contributed by atoms with E-state index in [4.69, 9.17) is 10.5 Å². The normalized spacial score (nSPS) is 10.1. The van der Waals surface area contributed by atoms with Gasteiger partial charge in [0, 0.05) is 30.1 Å². The number of nitrogens with two attached hydrogens (primary N) is 1. The number of halogens is 1. The van der Waals surface area contributed by atoms with Crippen LogP contribution < -0.4 is 15.8 Å². The van der Waals surface area contributed by atoms with Crippen LogP contribution in [0.15, 0.2) is 42.5 Å². The molecule has 18 heavy (non-hydrogen) atoms. The van der Waals surface area contributed by atoms with Gasteiger partial charge in [0.25, 0.3) is 0 Å². The molecule has 0 aliphatic rings. The summed E-state index contributed by atoms with van der Waals surface area (Å²) in [4.78, 5) is 0. The minimum Gasteiger partial charge on any atom is -0.497 e. The Morgan fingerprint density at radius 2 is 1.89 bits per heavy atom. The lowest BCUT2D eigenvalue weighted by atomic mass is 10.2. The standard InChI is InChI=1S/C14H15FN2O/c1-18-14-7-12(16)6-13(8-14)17-9-10-2-4-11(15)5-3-10/h2-8,17H,9,16H2,1H3. The number of anilines is 2. The molecule has 0 aliphatic carbocycles. The number of rotatable bonds is 4. The highest BCUT2D eigenvalue weighted by molar-refractivity contribution is 5.59. The van der Waals surface area contributed by atoms with Crippen molar-refractivity contribution in [1.82, 2.24) is 0 Å². The number of nitrogens with one attached hydrogen (secondary N) is 1. The molecule has 0 heterocycles. The maximum atomic E-state index is 12.7. The highest BCUT2D eigenvalue weighted by atomic mass is 19.1. The van der Waals surface area contributed by atoms with Gasteiger partial charge in [0.2, 0.25) is 0 Å². The largest absolute Gasteiger partial charge is 0.497 e. The fourth-order valence-electron chi connectivity index (χ4n) is 1.65. The molecule has 4 heteroatoms. The number of hydrogen-bond donors (Lipinski definition) is 2. The predicted octanol–water partition coefficient (Wildman–Crippen LogP) is 3.03. The molecule has 0 fully saturated rings. The molecule has 0 saturated carbocycles. The van der Waals surface area contributed by atoms with Gasteiger partial charge in [-0.1, -0.05) is 12.1 Å². The van der Waals surface area contributed by atoms with Gasteiger partial charge < -0.3 is 15.8 Å². The molecule has 2 rings (SSSR count). The van der Waals surface area contributed by atoms with Crippen LogP contribution in [0, 0.1) is 5.82 Å². The monoisotopic (exact) mass is 246 g/mol. The zero-order chi connectivity index (χ0) is 13.0. The molecule has 0 amide bonds. The Labute approximate surface area is 105 Å². The summed E-state index contributed by atoms with van der Waals surface area (Å²) in [6, 6.07) is 11.8. The molecule has 0 aromatic heterocycles. The fraction of sp³-hybridized carbons (Fsp3) is 0.143. The van der Waals surface area contributed by atoms with E-state index in [0.29, 0.717) is 18.0 Å². The minimum atomic E-state index is -0.232. The Morgan fingerprint density at radius 1 is 1.17 bits per heavy atom. The van der Waals surface area contributed by atoms with Crippen LogP contribution in [0.4, 0.5) is 15.8 Å². The first kappa shape index (κ1) is 12.2. The van der Waals surface area contributed by atoms with Gasteiger partial charge in [0.1, 0.15) is 11.6 Å². The summed E-state index contributed by atoms with van der Waals surface area (Å²) in [5.41, 5.74) is 8.26. The summed E-state index contributed by atoms with van der Waals surface area (Å²) >= 11 is 0. The van der Waals surface area contributed by atoms with Crippen molar-refractivity contribution in [1.29, 1.82) is 0 Å². The molecule has 0 bridgehead atoms. The highest BCUT2D eigenvalue weighted by Gasteiger charge is 1.99. The third kappa shape index (κ3) is 3.13. The van der Waals surface area contributed by atoms with E-state index in [1.807, 2.05) is 12.1 Å². The van der Waals surface area contributed by atoms with Crippen molar-refractivity contribution in [2.75, 3.05) is 18.2 Å². The number of benzene rings is 2. The summed E-state index contributed by atoms with van der Waals surface area (Å²) < 4.78 is 17.9. The maximum absolute atomic E-state index is 12.7. The van der Waals surface area contributed by atoms with Crippen molar-refractivity contribution in [3.05, 3.63) is 53.8 Å². The number of hydrogen-bond acceptors (Lipinski definition) is 3. The molecule has 2 aromatic rings. The van der Waals surface area contributed by atoms with Gasteiger partial charge in [-0.25, -0.2) is 4.39 Å². The van der Waals surface area contributed by atoms with Crippen LogP contribution in [0.25, 0.3) is 0 Å². The van der Waals surface area contributed by atoms with Gasteiger partial charge in [-0.2, -0.15) is 0 Å². The molecule has 0 spiro atoms. The molecule has 0 unspecified atom stereocenters. The van der Waals surface area contributed by atoms with Crippen molar-refractivity contribution in [2.45, 2.75) is 6.54 Å². The van der Waals surface area contributed by atoms with Gasteiger partial charge in [0.15, 0.2) is 0 Å². The lowest BCUT2D eigenvalue weighted by molar-refractivity contribution is 0.415. The van der Waals surface area contributed by atoms with E-state index in [1.54, 1.807) is 25.3 Å². The molecule has 3 N–H and O–H groups in total. The second-order valence-corrected chi connectivity index (χ2v) is 3.97. The molecule has 0 atom stereocenters. The van der Waals surface area contributed by atoms with Crippen LogP contribution in [-0.4, -0.2) is 7.11 Å². The summed E-state index contributed by atoms with van der Waals surface area (Å²) in [7, 11) is 1.60. The Kier molecular flexibility index (Phi) is 3.67.